The van der Waals surface area contributed by atoms with Gasteiger partial charge in [-0.05, 0) is 12.1 Å². The van der Waals surface area contributed by atoms with Gasteiger partial charge in [0.1, 0.15) is 18.2 Å². The van der Waals surface area contributed by atoms with Crippen LogP contribution >= 0.6 is 0 Å². The first-order chi connectivity index (χ1) is 5.29. The van der Waals surface area contributed by atoms with Crippen LogP contribution < -0.4 is 10.5 Å². The van der Waals surface area contributed by atoms with E-state index in [1.54, 1.807) is 0 Å². The topological polar surface area (TPSA) is 59.1 Å². The van der Waals surface area contributed by atoms with E-state index in [-0.39, 0.29) is 12.4 Å². The number of nitrogens with two attached hydrogens (primary N) is 1. The lowest BCUT2D eigenvalue weighted by atomic mass is 10.3. The minimum absolute atomic E-state index is 0.0360. The van der Waals surface area contributed by atoms with Crippen LogP contribution in [-0.2, 0) is 0 Å². The molecule has 1 aromatic rings. The summed E-state index contributed by atoms with van der Waals surface area (Å²) in [6.07, 6.45) is 0. The predicted octanol–water partition coefficient (Wildman–Crippen LogP) is 1.00. The number of amidine groups is 1. The summed E-state index contributed by atoms with van der Waals surface area (Å²) in [6.45, 7) is 0.157. The van der Waals surface area contributed by atoms with Crippen molar-refractivity contribution in [1.29, 1.82) is 5.41 Å². The maximum atomic E-state index is 6.90. The molecule has 3 heteroatoms. The zero-order valence-electron chi connectivity index (χ0n) is 6.08. The average Bonchev–Trinajstić information content (AvgIpc) is 2.03. The molecule has 0 atom stereocenters. The minimum Gasteiger partial charge on any atom is -0.486 e. The van der Waals surface area contributed by atoms with Crippen LogP contribution in [0.25, 0.3) is 0 Å². The van der Waals surface area contributed by atoms with E-state index in [0.29, 0.717) is 0 Å². The quantitative estimate of drug-likeness (QED) is 0.499. The van der Waals surface area contributed by atoms with Crippen molar-refractivity contribution in [2.24, 2.45) is 5.73 Å². The molecule has 11 heavy (non-hydrogen) atoms. The Bertz CT molecular complexity index is 233. The average molecular weight is 150 g/mol. The highest BCUT2D eigenvalue weighted by Crippen LogP contribution is 2.07. The molecule has 0 aliphatic heterocycles. The van der Waals surface area contributed by atoms with Crippen LogP contribution in [0.4, 0.5) is 0 Å². The highest BCUT2D eigenvalue weighted by atomic mass is 16.5. The van der Waals surface area contributed by atoms with Crippen LogP contribution in [0.1, 0.15) is 0 Å². The zero-order chi connectivity index (χ0) is 8.10. The van der Waals surface area contributed by atoms with E-state index in [0.717, 1.165) is 5.75 Å². The Hall–Kier alpha value is -1.51. The van der Waals surface area contributed by atoms with Crippen molar-refractivity contribution in [3.63, 3.8) is 0 Å². The molecular weight excluding hydrogens is 140 g/mol. The number of nitrogens with one attached hydrogen (secondary N) is 1. The molecule has 0 heterocycles. The standard InChI is InChI=1S/C8H10N2O/c9-8(10)6-11-7-4-2-1-3-5-7/h1-5H,6H2,(H3,9,10). The van der Waals surface area contributed by atoms with Gasteiger partial charge in [0.05, 0.1) is 0 Å². The van der Waals surface area contributed by atoms with Crippen LogP contribution in [0, 0.1) is 5.41 Å². The molecular formula is C8H10N2O. The van der Waals surface area contributed by atoms with Gasteiger partial charge in [0, 0.05) is 0 Å². The molecule has 0 aliphatic carbocycles. The lowest BCUT2D eigenvalue weighted by Crippen LogP contribution is -2.19. The summed E-state index contributed by atoms with van der Waals surface area (Å²) in [5.74, 6) is 0.775. The third kappa shape index (κ3) is 2.71. The fourth-order valence-electron chi connectivity index (χ4n) is 0.678. The van der Waals surface area contributed by atoms with Gasteiger partial charge in [0.15, 0.2) is 0 Å². The summed E-state index contributed by atoms with van der Waals surface area (Å²) in [5, 5.41) is 6.90. The molecule has 1 rings (SSSR count). The molecule has 0 saturated carbocycles. The second-order valence-corrected chi connectivity index (χ2v) is 2.13. The van der Waals surface area contributed by atoms with Crippen molar-refractivity contribution in [3.05, 3.63) is 30.3 Å². The largest absolute Gasteiger partial charge is 0.486 e. The van der Waals surface area contributed by atoms with Gasteiger partial charge in [0.25, 0.3) is 0 Å². The molecule has 0 fully saturated rings. The minimum atomic E-state index is 0.0360. The SMILES string of the molecule is N=C(N)COc1ccccc1. The van der Waals surface area contributed by atoms with E-state index in [4.69, 9.17) is 15.9 Å². The number of rotatable bonds is 3. The Morgan fingerprint density at radius 3 is 2.55 bits per heavy atom. The zero-order valence-corrected chi connectivity index (χ0v) is 6.08. The monoisotopic (exact) mass is 150 g/mol. The maximum Gasteiger partial charge on any atom is 0.145 e. The Morgan fingerprint density at radius 1 is 1.36 bits per heavy atom. The van der Waals surface area contributed by atoms with Crippen LogP contribution in [0.5, 0.6) is 5.75 Å². The summed E-state index contributed by atoms with van der Waals surface area (Å²) in [4.78, 5) is 0. The molecule has 0 aliphatic rings. The first-order valence-electron chi connectivity index (χ1n) is 3.30. The first kappa shape index (κ1) is 7.60. The predicted molar refractivity (Wildman–Crippen MR) is 43.9 cm³/mol. The number of para-hydroxylation sites is 1. The normalized spacial score (nSPS) is 9.09. The van der Waals surface area contributed by atoms with E-state index < -0.39 is 0 Å². The lowest BCUT2D eigenvalue weighted by Gasteiger charge is -2.02. The van der Waals surface area contributed by atoms with E-state index in [2.05, 4.69) is 0 Å². The lowest BCUT2D eigenvalue weighted by molar-refractivity contribution is 0.374. The molecule has 0 amide bonds. The first-order valence-corrected chi connectivity index (χ1v) is 3.30. The number of hydrogen-bond donors (Lipinski definition) is 2. The highest BCUT2D eigenvalue weighted by Gasteiger charge is 1.91. The fraction of sp³-hybridized carbons (Fsp3) is 0.125. The van der Waals surface area contributed by atoms with Gasteiger partial charge in [0.2, 0.25) is 0 Å². The van der Waals surface area contributed by atoms with Crippen molar-refractivity contribution >= 4 is 5.84 Å². The molecule has 0 radical (unpaired) electrons. The summed E-state index contributed by atoms with van der Waals surface area (Å²) in [5.41, 5.74) is 5.10. The van der Waals surface area contributed by atoms with E-state index in [1.807, 2.05) is 30.3 Å². The van der Waals surface area contributed by atoms with Crippen LogP contribution in [0.3, 0.4) is 0 Å². The van der Waals surface area contributed by atoms with E-state index >= 15 is 0 Å². The fourth-order valence-corrected chi connectivity index (χ4v) is 0.678. The molecule has 0 saturated heterocycles. The van der Waals surface area contributed by atoms with Crippen molar-refractivity contribution < 1.29 is 4.74 Å². The van der Waals surface area contributed by atoms with Crippen molar-refractivity contribution in [2.75, 3.05) is 6.61 Å². The molecule has 0 aromatic heterocycles. The van der Waals surface area contributed by atoms with Gasteiger partial charge in [-0.1, -0.05) is 18.2 Å². The third-order valence-electron chi connectivity index (χ3n) is 1.14. The van der Waals surface area contributed by atoms with Gasteiger partial charge >= 0.3 is 0 Å². The highest BCUT2D eigenvalue weighted by molar-refractivity contribution is 5.78. The molecule has 3 nitrogen and oxygen atoms in total. The smallest absolute Gasteiger partial charge is 0.145 e. The van der Waals surface area contributed by atoms with Gasteiger partial charge in [-0.25, -0.2) is 0 Å². The van der Waals surface area contributed by atoms with Crippen molar-refractivity contribution in [2.45, 2.75) is 0 Å². The second kappa shape index (κ2) is 3.61. The molecule has 1 aromatic carbocycles. The van der Waals surface area contributed by atoms with Gasteiger partial charge in [-0.3, -0.25) is 5.41 Å². The molecule has 0 bridgehead atoms. The second-order valence-electron chi connectivity index (χ2n) is 2.13. The van der Waals surface area contributed by atoms with Gasteiger partial charge < -0.3 is 10.5 Å². The van der Waals surface area contributed by atoms with Crippen LogP contribution in [-0.4, -0.2) is 12.4 Å². The van der Waals surface area contributed by atoms with Crippen LogP contribution in [0.15, 0.2) is 30.3 Å². The van der Waals surface area contributed by atoms with E-state index in [9.17, 15) is 0 Å². The maximum absolute atomic E-state index is 6.90. The Labute approximate surface area is 65.3 Å². The van der Waals surface area contributed by atoms with E-state index in [1.165, 1.54) is 0 Å². The Kier molecular flexibility index (Phi) is 2.49. The van der Waals surface area contributed by atoms with Gasteiger partial charge in [-0.2, -0.15) is 0 Å². The molecule has 3 N–H and O–H groups in total. The molecule has 0 unspecified atom stereocenters. The van der Waals surface area contributed by atoms with Crippen LogP contribution in [0.2, 0.25) is 0 Å². The number of benzene rings is 1. The third-order valence-corrected chi connectivity index (χ3v) is 1.14. The summed E-state index contributed by atoms with van der Waals surface area (Å²) >= 11 is 0. The Morgan fingerprint density at radius 2 is 2.00 bits per heavy atom. The van der Waals surface area contributed by atoms with Gasteiger partial charge in [-0.15, -0.1) is 0 Å². The molecule has 0 spiro atoms. The number of hydrogen-bond acceptors (Lipinski definition) is 2. The summed E-state index contributed by atoms with van der Waals surface area (Å²) in [6, 6.07) is 9.29. The summed E-state index contributed by atoms with van der Waals surface area (Å²) in [7, 11) is 0. The Balaban J connectivity index is 2.45. The summed E-state index contributed by atoms with van der Waals surface area (Å²) < 4.78 is 5.12. The van der Waals surface area contributed by atoms with Crippen molar-refractivity contribution in [3.8, 4) is 5.75 Å². The van der Waals surface area contributed by atoms with Crippen molar-refractivity contribution in [1.82, 2.24) is 0 Å². The number of ether oxygens (including phenoxy) is 1. The molecule has 58 valence electrons.